The fourth-order valence-electron chi connectivity index (χ4n) is 1.89. The second-order valence-corrected chi connectivity index (χ2v) is 4.93. The molecule has 0 bridgehead atoms. The van der Waals surface area contributed by atoms with Crippen LogP contribution in [0.25, 0.3) is 0 Å². The number of carbonyl (C=O) groups excluding carboxylic acids is 1. The van der Waals surface area contributed by atoms with Gasteiger partial charge in [0, 0.05) is 19.2 Å². The van der Waals surface area contributed by atoms with Gasteiger partial charge in [0.05, 0.1) is 5.69 Å². The van der Waals surface area contributed by atoms with E-state index in [4.69, 9.17) is 5.73 Å². The number of carbonyl (C=O) groups is 1. The Kier molecular flexibility index (Phi) is 3.78. The monoisotopic (exact) mass is 288 g/mol. The summed E-state index contributed by atoms with van der Waals surface area (Å²) in [5, 5.41) is 0. The van der Waals surface area contributed by atoms with Crippen molar-refractivity contribution in [2.24, 2.45) is 5.92 Å². The molecule has 0 saturated heterocycles. The molecule has 0 heterocycles. The first-order chi connectivity index (χ1) is 9.26. The Morgan fingerprint density at radius 3 is 2.60 bits per heavy atom. The molecule has 110 valence electrons. The quantitative estimate of drug-likeness (QED) is 0.867. The molecule has 7 heteroatoms. The van der Waals surface area contributed by atoms with Gasteiger partial charge in [-0.25, -0.2) is 0 Å². The van der Waals surface area contributed by atoms with E-state index in [1.54, 1.807) is 11.9 Å². The van der Waals surface area contributed by atoms with Gasteiger partial charge >= 0.3 is 6.36 Å². The zero-order valence-corrected chi connectivity index (χ0v) is 10.9. The summed E-state index contributed by atoms with van der Waals surface area (Å²) in [5.41, 5.74) is 5.52. The lowest BCUT2D eigenvalue weighted by Gasteiger charge is -2.18. The molecule has 1 aromatic rings. The van der Waals surface area contributed by atoms with Crippen LogP contribution in [0.5, 0.6) is 5.75 Å². The maximum absolute atomic E-state index is 12.1. The van der Waals surface area contributed by atoms with Crippen molar-refractivity contribution in [1.29, 1.82) is 0 Å². The number of nitrogens with zero attached hydrogens (tertiary/aromatic N) is 1. The van der Waals surface area contributed by atoms with E-state index in [2.05, 4.69) is 4.74 Å². The summed E-state index contributed by atoms with van der Waals surface area (Å²) in [6.45, 7) is 0.652. The van der Waals surface area contributed by atoms with Crippen molar-refractivity contribution in [1.82, 2.24) is 4.90 Å². The van der Waals surface area contributed by atoms with Crippen LogP contribution in [0.1, 0.15) is 23.2 Å². The second kappa shape index (κ2) is 5.22. The number of anilines is 1. The number of nitrogen functional groups attached to an aromatic ring is 1. The number of nitrogens with two attached hydrogens (primary N) is 1. The normalized spacial score (nSPS) is 15.0. The van der Waals surface area contributed by atoms with Gasteiger partial charge in [-0.2, -0.15) is 0 Å². The lowest BCUT2D eigenvalue weighted by molar-refractivity contribution is -0.274. The van der Waals surface area contributed by atoms with Gasteiger partial charge < -0.3 is 15.4 Å². The van der Waals surface area contributed by atoms with Gasteiger partial charge in [-0.15, -0.1) is 13.2 Å². The molecule has 0 aromatic heterocycles. The highest BCUT2D eigenvalue weighted by Gasteiger charge is 2.32. The molecule has 1 aliphatic rings. The summed E-state index contributed by atoms with van der Waals surface area (Å²) in [6.07, 6.45) is -2.58. The summed E-state index contributed by atoms with van der Waals surface area (Å²) in [5.74, 6) is -0.227. The zero-order valence-electron chi connectivity index (χ0n) is 10.9. The first-order valence-electron chi connectivity index (χ1n) is 6.17. The minimum Gasteiger partial charge on any atom is -0.404 e. The topological polar surface area (TPSA) is 55.6 Å². The van der Waals surface area contributed by atoms with Crippen molar-refractivity contribution < 1.29 is 22.7 Å². The minimum atomic E-state index is -4.80. The highest BCUT2D eigenvalue weighted by atomic mass is 19.4. The summed E-state index contributed by atoms with van der Waals surface area (Å²) in [7, 11) is 1.66. The Hall–Kier alpha value is -1.92. The lowest BCUT2D eigenvalue weighted by Crippen LogP contribution is -2.28. The molecule has 4 nitrogen and oxygen atoms in total. The summed E-state index contributed by atoms with van der Waals surface area (Å²) in [6, 6.07) is 3.54. The van der Waals surface area contributed by atoms with Gasteiger partial charge in [0.2, 0.25) is 0 Å². The largest absolute Gasteiger partial charge is 0.573 e. The van der Waals surface area contributed by atoms with Crippen molar-refractivity contribution in [2.45, 2.75) is 19.2 Å². The van der Waals surface area contributed by atoms with Crippen LogP contribution in [0.4, 0.5) is 18.9 Å². The number of rotatable bonds is 4. The van der Waals surface area contributed by atoms with E-state index in [1.165, 1.54) is 12.1 Å². The molecule has 1 amide bonds. The average Bonchev–Trinajstić information content (AvgIpc) is 3.13. The Balaban J connectivity index is 2.09. The lowest BCUT2D eigenvalue weighted by atomic mass is 10.1. The first kappa shape index (κ1) is 14.5. The Morgan fingerprint density at radius 1 is 1.45 bits per heavy atom. The van der Waals surface area contributed by atoms with Gasteiger partial charge in [0.1, 0.15) is 0 Å². The molecule has 0 aliphatic heterocycles. The van der Waals surface area contributed by atoms with Crippen LogP contribution in [0.2, 0.25) is 0 Å². The Bertz CT molecular complexity index is 513. The average molecular weight is 288 g/mol. The molecular weight excluding hydrogens is 273 g/mol. The van der Waals surface area contributed by atoms with E-state index >= 15 is 0 Å². The van der Waals surface area contributed by atoms with Gasteiger partial charge in [-0.1, -0.05) is 0 Å². The van der Waals surface area contributed by atoms with Gasteiger partial charge in [-0.05, 0) is 37.0 Å². The van der Waals surface area contributed by atoms with Crippen LogP contribution in [-0.2, 0) is 0 Å². The molecule has 20 heavy (non-hydrogen) atoms. The van der Waals surface area contributed by atoms with E-state index in [1.807, 2.05) is 0 Å². The molecule has 1 fully saturated rings. The first-order valence-corrected chi connectivity index (χ1v) is 6.17. The summed E-state index contributed by atoms with van der Waals surface area (Å²) in [4.78, 5) is 13.6. The molecule has 0 spiro atoms. The van der Waals surface area contributed by atoms with Crippen molar-refractivity contribution >= 4 is 11.6 Å². The number of benzene rings is 1. The van der Waals surface area contributed by atoms with Crippen LogP contribution in [0, 0.1) is 5.92 Å². The zero-order chi connectivity index (χ0) is 14.9. The standard InChI is InChI=1S/C13H15F3N2O2/c1-18(7-8-2-3-8)12(19)9-4-5-11(10(17)6-9)20-13(14,15)16/h4-6,8H,2-3,7,17H2,1H3. The molecule has 2 rings (SSSR count). The van der Waals surface area contributed by atoms with Gasteiger partial charge in [0.15, 0.2) is 5.75 Å². The number of alkyl halides is 3. The van der Waals surface area contributed by atoms with Crippen LogP contribution >= 0.6 is 0 Å². The molecule has 2 N–H and O–H groups in total. The summed E-state index contributed by atoms with van der Waals surface area (Å²) >= 11 is 0. The van der Waals surface area contributed by atoms with E-state index in [0.717, 1.165) is 18.9 Å². The predicted molar refractivity (Wildman–Crippen MR) is 67.2 cm³/mol. The summed E-state index contributed by atoms with van der Waals surface area (Å²) < 4.78 is 40.1. The van der Waals surface area contributed by atoms with E-state index in [9.17, 15) is 18.0 Å². The smallest absolute Gasteiger partial charge is 0.404 e. The van der Waals surface area contributed by atoms with Crippen molar-refractivity contribution in [3.8, 4) is 5.75 Å². The number of hydrogen-bond acceptors (Lipinski definition) is 3. The molecule has 0 unspecified atom stereocenters. The third kappa shape index (κ3) is 3.79. The van der Waals surface area contributed by atoms with Crippen molar-refractivity contribution in [2.75, 3.05) is 19.3 Å². The Labute approximate surface area is 114 Å². The maximum Gasteiger partial charge on any atom is 0.573 e. The van der Waals surface area contributed by atoms with Gasteiger partial charge in [0.25, 0.3) is 5.91 Å². The molecule has 1 aromatic carbocycles. The molecule has 0 radical (unpaired) electrons. The molecule has 1 aliphatic carbocycles. The van der Waals surface area contributed by atoms with Crippen molar-refractivity contribution in [3.05, 3.63) is 23.8 Å². The predicted octanol–water partition coefficient (Wildman–Crippen LogP) is 2.65. The minimum absolute atomic E-state index is 0.215. The van der Waals surface area contributed by atoms with Crippen LogP contribution in [0.3, 0.4) is 0 Å². The SMILES string of the molecule is CN(CC1CC1)C(=O)c1ccc(OC(F)(F)F)c(N)c1. The fraction of sp³-hybridized carbons (Fsp3) is 0.462. The van der Waals surface area contributed by atoms with Crippen LogP contribution in [-0.4, -0.2) is 30.8 Å². The number of hydrogen-bond donors (Lipinski definition) is 1. The van der Waals surface area contributed by atoms with E-state index in [0.29, 0.717) is 12.5 Å². The fourth-order valence-corrected chi connectivity index (χ4v) is 1.89. The van der Waals surface area contributed by atoms with Crippen LogP contribution < -0.4 is 10.5 Å². The Morgan fingerprint density at radius 2 is 2.10 bits per heavy atom. The maximum atomic E-state index is 12.1. The highest BCUT2D eigenvalue weighted by molar-refractivity contribution is 5.95. The molecule has 0 atom stereocenters. The third-order valence-corrected chi connectivity index (χ3v) is 3.06. The number of ether oxygens (including phenoxy) is 1. The van der Waals surface area contributed by atoms with Crippen LogP contribution in [0.15, 0.2) is 18.2 Å². The molecular formula is C13H15F3N2O2. The third-order valence-electron chi connectivity index (χ3n) is 3.06. The van der Waals surface area contributed by atoms with E-state index < -0.39 is 12.1 Å². The number of amides is 1. The van der Waals surface area contributed by atoms with Crippen molar-refractivity contribution in [3.63, 3.8) is 0 Å². The van der Waals surface area contributed by atoms with E-state index in [-0.39, 0.29) is 17.2 Å². The highest BCUT2D eigenvalue weighted by Crippen LogP contribution is 2.31. The number of halogens is 3. The second-order valence-electron chi connectivity index (χ2n) is 4.93. The van der Waals surface area contributed by atoms with Gasteiger partial charge in [-0.3, -0.25) is 4.79 Å². The molecule has 1 saturated carbocycles.